The maximum Gasteiger partial charge on any atom is 0.409 e. The molecule has 20 heavy (non-hydrogen) atoms. The van der Waals surface area contributed by atoms with E-state index in [4.69, 9.17) is 4.74 Å². The molecule has 112 valence electrons. The van der Waals surface area contributed by atoms with Crippen LogP contribution in [0.4, 0.5) is 4.79 Å². The first kappa shape index (κ1) is 13.7. The Morgan fingerprint density at radius 2 is 2.25 bits per heavy atom. The highest BCUT2D eigenvalue weighted by Gasteiger charge is 2.57. The zero-order valence-electron chi connectivity index (χ0n) is 11.8. The molecular weight excluding hydrogens is 258 g/mol. The summed E-state index contributed by atoms with van der Waals surface area (Å²) >= 11 is 0. The number of hydrogen-bond acceptors (Lipinski definition) is 4. The zero-order valence-corrected chi connectivity index (χ0v) is 11.8. The molecule has 2 aliphatic heterocycles. The van der Waals surface area contributed by atoms with E-state index in [9.17, 15) is 9.59 Å². The highest BCUT2D eigenvalue weighted by atomic mass is 16.6. The summed E-state index contributed by atoms with van der Waals surface area (Å²) in [5, 5.41) is 6.32. The minimum absolute atomic E-state index is 0.164. The Kier molecular flexibility index (Phi) is 3.83. The van der Waals surface area contributed by atoms with Gasteiger partial charge in [-0.25, -0.2) is 4.79 Å². The molecule has 0 unspecified atom stereocenters. The summed E-state index contributed by atoms with van der Waals surface area (Å²) in [6, 6.07) is 0. The molecule has 6 nitrogen and oxygen atoms in total. The van der Waals surface area contributed by atoms with Crippen LogP contribution in [0.25, 0.3) is 0 Å². The van der Waals surface area contributed by atoms with Crippen molar-refractivity contribution in [3.8, 4) is 0 Å². The van der Waals surface area contributed by atoms with E-state index in [1.807, 2.05) is 0 Å². The van der Waals surface area contributed by atoms with Gasteiger partial charge < -0.3 is 20.3 Å². The summed E-state index contributed by atoms with van der Waals surface area (Å²) in [5.74, 6) is 0.357. The standard InChI is InChI=1S/C14H23N3O3/c18-12(11-10-14(11)2-4-15-5-3-14)16-6-8-17-7-1-9-20-13(17)19/h11,15H,1-10H2,(H,16,18)/t11-/m0/s1. The van der Waals surface area contributed by atoms with Crippen LogP contribution in [0.1, 0.15) is 25.7 Å². The maximum absolute atomic E-state index is 12.1. The van der Waals surface area contributed by atoms with E-state index in [1.165, 1.54) is 0 Å². The lowest BCUT2D eigenvalue weighted by atomic mass is 9.92. The second-order valence-corrected chi connectivity index (χ2v) is 6.12. The second kappa shape index (κ2) is 5.60. The van der Waals surface area contributed by atoms with Crippen molar-refractivity contribution in [2.24, 2.45) is 11.3 Å². The van der Waals surface area contributed by atoms with Gasteiger partial charge >= 0.3 is 6.09 Å². The molecule has 0 aromatic carbocycles. The number of carbonyl (C=O) groups is 2. The van der Waals surface area contributed by atoms with E-state index >= 15 is 0 Å². The van der Waals surface area contributed by atoms with Crippen molar-refractivity contribution >= 4 is 12.0 Å². The fourth-order valence-corrected chi connectivity index (χ4v) is 3.43. The molecule has 1 saturated carbocycles. The van der Waals surface area contributed by atoms with E-state index < -0.39 is 0 Å². The molecule has 3 fully saturated rings. The summed E-state index contributed by atoms with van der Waals surface area (Å²) in [4.78, 5) is 25.2. The van der Waals surface area contributed by atoms with E-state index in [0.717, 1.165) is 45.3 Å². The van der Waals surface area contributed by atoms with Crippen molar-refractivity contribution in [3.63, 3.8) is 0 Å². The van der Waals surface area contributed by atoms with Gasteiger partial charge in [0.25, 0.3) is 0 Å². The van der Waals surface area contributed by atoms with Crippen LogP contribution in [0.15, 0.2) is 0 Å². The Morgan fingerprint density at radius 1 is 1.45 bits per heavy atom. The predicted molar refractivity (Wildman–Crippen MR) is 73.2 cm³/mol. The first-order chi connectivity index (χ1) is 9.71. The van der Waals surface area contributed by atoms with E-state index in [0.29, 0.717) is 19.7 Å². The van der Waals surface area contributed by atoms with Gasteiger partial charge in [0.2, 0.25) is 5.91 Å². The molecule has 0 aromatic heterocycles. The number of cyclic esters (lactones) is 1. The lowest BCUT2D eigenvalue weighted by molar-refractivity contribution is -0.123. The highest BCUT2D eigenvalue weighted by molar-refractivity contribution is 5.82. The van der Waals surface area contributed by atoms with Crippen LogP contribution in [-0.4, -0.2) is 56.2 Å². The number of rotatable bonds is 4. The quantitative estimate of drug-likeness (QED) is 0.779. The third-order valence-electron chi connectivity index (χ3n) is 4.84. The van der Waals surface area contributed by atoms with Gasteiger partial charge in [-0.2, -0.15) is 0 Å². The zero-order chi connectivity index (χ0) is 14.0. The molecule has 2 heterocycles. The molecule has 0 radical (unpaired) electrons. The maximum atomic E-state index is 12.1. The molecule has 0 aromatic rings. The monoisotopic (exact) mass is 281 g/mol. The minimum Gasteiger partial charge on any atom is -0.449 e. The van der Waals surface area contributed by atoms with Crippen molar-refractivity contribution in [3.05, 3.63) is 0 Å². The van der Waals surface area contributed by atoms with Gasteiger partial charge in [-0.15, -0.1) is 0 Å². The molecular formula is C14H23N3O3. The smallest absolute Gasteiger partial charge is 0.409 e. The third-order valence-corrected chi connectivity index (χ3v) is 4.84. The Balaban J connectivity index is 1.38. The van der Waals surface area contributed by atoms with Gasteiger partial charge in [0.1, 0.15) is 0 Å². The molecule has 3 aliphatic rings. The Bertz CT molecular complexity index is 393. The number of ether oxygens (including phenoxy) is 1. The van der Waals surface area contributed by atoms with Gasteiger partial charge in [0.05, 0.1) is 6.61 Å². The number of nitrogens with one attached hydrogen (secondary N) is 2. The normalized spacial score (nSPS) is 28.1. The lowest BCUT2D eigenvalue weighted by Crippen LogP contribution is -2.43. The molecule has 2 N–H and O–H groups in total. The number of nitrogens with zero attached hydrogens (tertiary/aromatic N) is 1. The Labute approximate surface area is 119 Å². The van der Waals surface area contributed by atoms with Gasteiger partial charge in [-0.1, -0.05) is 0 Å². The summed E-state index contributed by atoms with van der Waals surface area (Å²) in [6.45, 7) is 4.38. The van der Waals surface area contributed by atoms with Crippen molar-refractivity contribution in [1.29, 1.82) is 0 Å². The lowest BCUT2D eigenvalue weighted by Gasteiger charge is -2.26. The van der Waals surface area contributed by atoms with Crippen molar-refractivity contribution in [2.45, 2.75) is 25.7 Å². The van der Waals surface area contributed by atoms with Crippen molar-refractivity contribution in [2.75, 3.05) is 39.3 Å². The van der Waals surface area contributed by atoms with E-state index in [-0.39, 0.29) is 23.3 Å². The van der Waals surface area contributed by atoms with Crippen LogP contribution in [-0.2, 0) is 9.53 Å². The number of piperidine rings is 1. The first-order valence-electron chi connectivity index (χ1n) is 7.61. The SMILES string of the molecule is O=C(NCCN1CCCOC1=O)[C@@H]1CC12CCNCC2. The minimum atomic E-state index is -0.258. The molecule has 0 bridgehead atoms. The number of amides is 2. The van der Waals surface area contributed by atoms with Crippen LogP contribution in [0, 0.1) is 11.3 Å². The molecule has 3 rings (SSSR count). The van der Waals surface area contributed by atoms with Gasteiger partial charge in [-0.05, 0) is 44.2 Å². The summed E-state index contributed by atoms with van der Waals surface area (Å²) in [6.07, 6.45) is 3.88. The number of carbonyl (C=O) groups excluding carboxylic acids is 2. The van der Waals surface area contributed by atoms with E-state index in [1.54, 1.807) is 4.90 Å². The molecule has 6 heteroatoms. The summed E-state index contributed by atoms with van der Waals surface area (Å²) < 4.78 is 4.97. The molecule has 1 spiro atoms. The topological polar surface area (TPSA) is 70.7 Å². The second-order valence-electron chi connectivity index (χ2n) is 6.12. The fourth-order valence-electron chi connectivity index (χ4n) is 3.43. The molecule has 1 aliphatic carbocycles. The number of hydrogen-bond donors (Lipinski definition) is 2. The third kappa shape index (κ3) is 2.75. The Morgan fingerprint density at radius 3 is 3.00 bits per heavy atom. The Hall–Kier alpha value is -1.30. The first-order valence-corrected chi connectivity index (χ1v) is 7.61. The average molecular weight is 281 g/mol. The fraction of sp³-hybridized carbons (Fsp3) is 0.857. The van der Waals surface area contributed by atoms with Gasteiger partial charge in [-0.3, -0.25) is 4.79 Å². The van der Waals surface area contributed by atoms with Crippen LogP contribution < -0.4 is 10.6 Å². The van der Waals surface area contributed by atoms with Crippen LogP contribution in [0.5, 0.6) is 0 Å². The average Bonchev–Trinajstić information content (AvgIpc) is 3.15. The summed E-state index contributed by atoms with van der Waals surface area (Å²) in [5.41, 5.74) is 0.277. The molecule has 2 saturated heterocycles. The van der Waals surface area contributed by atoms with Crippen LogP contribution in [0.2, 0.25) is 0 Å². The van der Waals surface area contributed by atoms with Crippen molar-refractivity contribution in [1.82, 2.24) is 15.5 Å². The largest absolute Gasteiger partial charge is 0.449 e. The predicted octanol–water partition coefficient (Wildman–Crippen LogP) is 0.335. The molecule has 2 amide bonds. The van der Waals surface area contributed by atoms with Crippen LogP contribution >= 0.6 is 0 Å². The highest BCUT2D eigenvalue weighted by Crippen LogP contribution is 2.58. The summed E-state index contributed by atoms with van der Waals surface area (Å²) in [7, 11) is 0. The van der Waals surface area contributed by atoms with Crippen molar-refractivity contribution < 1.29 is 14.3 Å². The molecule has 1 atom stereocenters. The van der Waals surface area contributed by atoms with Crippen LogP contribution in [0.3, 0.4) is 0 Å². The van der Waals surface area contributed by atoms with E-state index in [2.05, 4.69) is 10.6 Å². The van der Waals surface area contributed by atoms with Gasteiger partial charge in [0, 0.05) is 25.6 Å². The van der Waals surface area contributed by atoms with Gasteiger partial charge in [0.15, 0.2) is 0 Å².